The molecule has 0 amide bonds. The van der Waals surface area contributed by atoms with Crippen LogP contribution in [-0.2, 0) is 27.1 Å². The fourth-order valence-electron chi connectivity index (χ4n) is 12.2. The number of benzene rings is 8. The van der Waals surface area contributed by atoms with Gasteiger partial charge in [0.2, 0.25) is 0 Å². The molecular weight excluding hydrogens is 811 g/mol. The van der Waals surface area contributed by atoms with E-state index in [-0.39, 0.29) is 27.1 Å². The lowest BCUT2D eigenvalue weighted by atomic mass is 9.76. The number of rotatable bonds is 4. The second kappa shape index (κ2) is 13.7. The minimum atomic E-state index is -0.143. The van der Waals surface area contributed by atoms with Gasteiger partial charge in [0.25, 0.3) is 0 Å². The lowest BCUT2D eigenvalue weighted by Crippen LogP contribution is -2.19. The van der Waals surface area contributed by atoms with Crippen LogP contribution in [0.25, 0.3) is 66.4 Å². The van der Waals surface area contributed by atoms with E-state index in [4.69, 9.17) is 4.42 Å². The first-order valence-corrected chi connectivity index (χ1v) is 24.3. The van der Waals surface area contributed by atoms with E-state index < -0.39 is 0 Å². The van der Waals surface area contributed by atoms with E-state index in [0.29, 0.717) is 0 Å². The van der Waals surface area contributed by atoms with Crippen molar-refractivity contribution in [1.29, 1.82) is 0 Å². The molecule has 0 saturated carbocycles. The molecule has 0 bridgehead atoms. The number of nitrogens with zero attached hydrogens (tertiary/aromatic N) is 1. The van der Waals surface area contributed by atoms with Crippen molar-refractivity contribution < 1.29 is 4.42 Å². The summed E-state index contributed by atoms with van der Waals surface area (Å²) in [7, 11) is 0. The van der Waals surface area contributed by atoms with Crippen molar-refractivity contribution in [3.63, 3.8) is 0 Å². The Kier molecular flexibility index (Phi) is 8.56. The van der Waals surface area contributed by atoms with Gasteiger partial charge in [0, 0.05) is 44.0 Å². The third kappa shape index (κ3) is 5.94. The third-order valence-corrected chi connectivity index (χ3v) is 16.2. The van der Waals surface area contributed by atoms with E-state index in [1.807, 2.05) is 0 Å². The summed E-state index contributed by atoms with van der Waals surface area (Å²) in [4.78, 5) is 2.52. The second-order valence-corrected chi connectivity index (χ2v) is 23.4. The van der Waals surface area contributed by atoms with E-state index in [1.165, 1.54) is 94.7 Å². The molecule has 12 rings (SSSR count). The largest absolute Gasteiger partial charge is 0.456 e. The quantitative estimate of drug-likeness (QED) is 0.175. The van der Waals surface area contributed by atoms with Crippen LogP contribution in [0.3, 0.4) is 0 Å². The zero-order valence-corrected chi connectivity index (χ0v) is 41.3. The molecule has 0 fully saturated rings. The molecule has 3 aliphatic rings. The van der Waals surface area contributed by atoms with E-state index in [1.54, 1.807) is 0 Å². The molecule has 0 saturated heterocycles. The minimum absolute atomic E-state index is 0.0289. The number of fused-ring (bicyclic) bond motifs is 12. The molecule has 8 aromatic carbocycles. The summed E-state index contributed by atoms with van der Waals surface area (Å²) in [6.07, 6.45) is 0. The predicted octanol–water partition coefficient (Wildman–Crippen LogP) is 18.2. The summed E-state index contributed by atoms with van der Waals surface area (Å²) in [5, 5.41) is 2.24. The third-order valence-electron chi connectivity index (χ3n) is 16.2. The summed E-state index contributed by atoms with van der Waals surface area (Å²) < 4.78 is 6.75. The van der Waals surface area contributed by atoms with Crippen LogP contribution in [0.2, 0.25) is 0 Å². The highest BCUT2D eigenvalue weighted by Gasteiger charge is 2.41. The molecule has 1 aromatic heterocycles. The molecule has 2 nitrogen and oxygen atoms in total. The van der Waals surface area contributed by atoms with Crippen LogP contribution in [0.1, 0.15) is 128 Å². The first-order valence-electron chi connectivity index (χ1n) is 24.3. The summed E-state index contributed by atoms with van der Waals surface area (Å²) >= 11 is 0. The van der Waals surface area contributed by atoms with Gasteiger partial charge in [-0.3, -0.25) is 0 Å². The maximum atomic E-state index is 6.75. The van der Waals surface area contributed by atoms with Gasteiger partial charge in [-0.1, -0.05) is 180 Å². The van der Waals surface area contributed by atoms with Crippen LogP contribution >= 0.6 is 0 Å². The Morgan fingerprint density at radius 1 is 0.373 bits per heavy atom. The second-order valence-electron chi connectivity index (χ2n) is 23.4. The van der Waals surface area contributed by atoms with Crippen LogP contribution in [0.15, 0.2) is 156 Å². The first-order chi connectivity index (χ1) is 31.7. The molecule has 67 heavy (non-hydrogen) atoms. The lowest BCUT2D eigenvalue weighted by molar-refractivity contribution is 0.580. The van der Waals surface area contributed by atoms with Crippen molar-refractivity contribution >= 4 is 39.0 Å². The van der Waals surface area contributed by atoms with E-state index in [0.717, 1.165) is 33.3 Å². The minimum Gasteiger partial charge on any atom is -0.456 e. The number of anilines is 3. The highest BCUT2D eigenvalue weighted by Crippen LogP contribution is 2.57. The summed E-state index contributed by atoms with van der Waals surface area (Å²) in [6.45, 7) is 28.3. The molecule has 0 atom stereocenters. The summed E-state index contributed by atoms with van der Waals surface area (Å²) in [5.74, 6) is 0. The first kappa shape index (κ1) is 41.8. The fraction of sp³-hybridized carbons (Fsp3) is 0.262. The zero-order valence-electron chi connectivity index (χ0n) is 41.3. The van der Waals surface area contributed by atoms with Gasteiger partial charge in [0.05, 0.1) is 5.69 Å². The topological polar surface area (TPSA) is 16.4 Å². The van der Waals surface area contributed by atoms with E-state index in [2.05, 4.69) is 240 Å². The summed E-state index contributed by atoms with van der Waals surface area (Å²) in [6, 6.07) is 57.9. The summed E-state index contributed by atoms with van der Waals surface area (Å²) in [5.41, 5.74) is 26.3. The number of furan rings is 1. The Morgan fingerprint density at radius 3 is 1.63 bits per heavy atom. The Bertz CT molecular complexity index is 3570. The SMILES string of the molecule is CC(C)(C)c1ccc2c(c1)C(C)(C)c1cc(C(C)(C)C)cc(-c3ccc4oc5ccc(N(c6ccc7c(c6)C(C)(C)c6ccccc6-7)c6cccc7c6-c6ccccc6C7(C)C)cc5c4c3)c1-2. The van der Waals surface area contributed by atoms with Gasteiger partial charge in [-0.15, -0.1) is 0 Å². The van der Waals surface area contributed by atoms with Gasteiger partial charge >= 0.3 is 0 Å². The predicted molar refractivity (Wildman–Crippen MR) is 284 cm³/mol. The van der Waals surface area contributed by atoms with Crippen LogP contribution in [-0.4, -0.2) is 0 Å². The van der Waals surface area contributed by atoms with Crippen molar-refractivity contribution in [3.8, 4) is 44.5 Å². The molecule has 1 heterocycles. The fourth-order valence-corrected chi connectivity index (χ4v) is 12.2. The standard InChI is InChI=1S/C65H61NO/c1-61(2,3)39-25-28-46-53(34-39)65(11,12)55-35-40(62(4,5)6)33-47(59(46)55)38-24-30-57-48(32-38)49-36-41(27-31-58(49)67-57)66(42-26-29-44-43-18-13-15-20-50(43)64(9,10)54(44)37-42)56-23-17-22-52-60(56)45-19-14-16-21-51(45)63(52,7)8/h13-37H,1-12H3. The van der Waals surface area contributed by atoms with Gasteiger partial charge < -0.3 is 9.32 Å². The Balaban J connectivity index is 1.08. The molecule has 0 unspecified atom stereocenters. The lowest BCUT2D eigenvalue weighted by Gasteiger charge is -2.30. The Hall–Kier alpha value is -6.64. The zero-order chi connectivity index (χ0) is 46.7. The maximum absolute atomic E-state index is 6.75. The molecule has 0 aliphatic heterocycles. The van der Waals surface area contributed by atoms with Gasteiger partial charge in [0.15, 0.2) is 0 Å². The van der Waals surface area contributed by atoms with Gasteiger partial charge in [-0.2, -0.15) is 0 Å². The van der Waals surface area contributed by atoms with Crippen LogP contribution < -0.4 is 4.90 Å². The highest BCUT2D eigenvalue weighted by atomic mass is 16.3. The molecule has 2 heteroatoms. The van der Waals surface area contributed by atoms with Crippen LogP contribution in [0.4, 0.5) is 17.1 Å². The Labute approximate surface area is 397 Å². The molecule has 0 radical (unpaired) electrons. The number of hydrogen-bond donors (Lipinski definition) is 0. The van der Waals surface area contributed by atoms with Crippen molar-refractivity contribution in [2.45, 2.75) is 110 Å². The average molecular weight is 872 g/mol. The van der Waals surface area contributed by atoms with Gasteiger partial charge in [-0.05, 0) is 149 Å². The molecule has 0 N–H and O–H groups in total. The van der Waals surface area contributed by atoms with Gasteiger partial charge in [0.1, 0.15) is 11.2 Å². The Morgan fingerprint density at radius 2 is 0.896 bits per heavy atom. The van der Waals surface area contributed by atoms with Crippen LogP contribution in [0, 0.1) is 0 Å². The average Bonchev–Trinajstić information content (AvgIpc) is 3.94. The molecule has 0 spiro atoms. The molecular formula is C65H61NO. The van der Waals surface area contributed by atoms with Gasteiger partial charge in [-0.25, -0.2) is 0 Å². The smallest absolute Gasteiger partial charge is 0.135 e. The van der Waals surface area contributed by atoms with Crippen LogP contribution in [0.5, 0.6) is 0 Å². The normalized spacial score (nSPS) is 15.8. The maximum Gasteiger partial charge on any atom is 0.135 e. The molecule has 3 aliphatic carbocycles. The van der Waals surface area contributed by atoms with Crippen molar-refractivity contribution in [2.75, 3.05) is 4.90 Å². The monoisotopic (exact) mass is 871 g/mol. The van der Waals surface area contributed by atoms with E-state index in [9.17, 15) is 0 Å². The van der Waals surface area contributed by atoms with E-state index >= 15 is 0 Å². The highest BCUT2D eigenvalue weighted by molar-refractivity contribution is 6.09. The molecule has 332 valence electrons. The van der Waals surface area contributed by atoms with Crippen molar-refractivity contribution in [2.24, 2.45) is 0 Å². The van der Waals surface area contributed by atoms with Crippen molar-refractivity contribution in [1.82, 2.24) is 0 Å². The molecule has 9 aromatic rings. The number of hydrogen-bond acceptors (Lipinski definition) is 2. The van der Waals surface area contributed by atoms with Crippen molar-refractivity contribution in [3.05, 3.63) is 196 Å².